The van der Waals surface area contributed by atoms with Crippen LogP contribution in [0.4, 0.5) is 5.69 Å². The third-order valence-corrected chi connectivity index (χ3v) is 5.10. The predicted octanol–water partition coefficient (Wildman–Crippen LogP) is 3.33. The van der Waals surface area contributed by atoms with Crippen molar-refractivity contribution in [3.05, 3.63) is 17.2 Å². The highest BCUT2D eigenvalue weighted by Crippen LogP contribution is 2.54. The molecular formula is C13H12ClN3OS. The van der Waals surface area contributed by atoms with Gasteiger partial charge < -0.3 is 5.32 Å². The second kappa shape index (κ2) is 4.15. The van der Waals surface area contributed by atoms with Gasteiger partial charge in [-0.3, -0.25) is 4.79 Å². The summed E-state index contributed by atoms with van der Waals surface area (Å²) in [5.41, 5.74) is 2.08. The Morgan fingerprint density at radius 1 is 1.26 bits per heavy atom. The zero-order chi connectivity index (χ0) is 13.0. The number of benzene rings is 1. The van der Waals surface area contributed by atoms with Crippen molar-refractivity contribution in [2.45, 2.75) is 19.3 Å². The van der Waals surface area contributed by atoms with E-state index in [2.05, 4.69) is 14.1 Å². The number of amides is 1. The summed E-state index contributed by atoms with van der Waals surface area (Å²) in [4.78, 5) is 12.3. The van der Waals surface area contributed by atoms with E-state index in [0.29, 0.717) is 16.2 Å². The predicted molar refractivity (Wildman–Crippen MR) is 75.4 cm³/mol. The minimum absolute atomic E-state index is 0.0783. The van der Waals surface area contributed by atoms with E-state index in [0.717, 1.165) is 41.9 Å². The number of fused-ring (bicyclic) bond motifs is 2. The van der Waals surface area contributed by atoms with Crippen molar-refractivity contribution >= 4 is 46.0 Å². The minimum atomic E-state index is 0.0783. The molecule has 2 saturated carbocycles. The SMILES string of the molecule is O=C(Nc1c(Cl)ccc2nsnc12)C1CC2CC2C1. The standard InChI is InChI=1S/C13H12ClN3OS/c14-9-1-2-10-12(17-19-16-10)11(9)15-13(18)8-4-6-3-7(6)5-8/h1-2,6-8H,3-5H2,(H,15,18). The first-order chi connectivity index (χ1) is 9.22. The maximum atomic E-state index is 12.3. The number of hydrogen-bond donors (Lipinski definition) is 1. The largest absolute Gasteiger partial charge is 0.323 e. The number of halogens is 1. The molecule has 98 valence electrons. The molecule has 6 heteroatoms. The second-order valence-electron chi connectivity index (χ2n) is 5.47. The number of carbonyl (C=O) groups is 1. The molecule has 2 fully saturated rings. The van der Waals surface area contributed by atoms with Crippen LogP contribution >= 0.6 is 23.3 Å². The number of anilines is 1. The van der Waals surface area contributed by atoms with E-state index in [1.807, 2.05) is 6.07 Å². The average molecular weight is 294 g/mol. The maximum absolute atomic E-state index is 12.3. The molecule has 2 unspecified atom stereocenters. The molecule has 1 amide bonds. The van der Waals surface area contributed by atoms with E-state index < -0.39 is 0 Å². The third-order valence-electron chi connectivity index (χ3n) is 4.24. The van der Waals surface area contributed by atoms with Crippen molar-refractivity contribution in [1.29, 1.82) is 0 Å². The highest BCUT2D eigenvalue weighted by Gasteiger charge is 2.48. The first kappa shape index (κ1) is 11.6. The zero-order valence-corrected chi connectivity index (χ0v) is 11.7. The van der Waals surface area contributed by atoms with Crippen molar-refractivity contribution in [1.82, 2.24) is 8.75 Å². The van der Waals surface area contributed by atoms with Crippen molar-refractivity contribution in [2.24, 2.45) is 17.8 Å². The Morgan fingerprint density at radius 3 is 2.84 bits per heavy atom. The van der Waals surface area contributed by atoms with E-state index in [1.165, 1.54) is 6.42 Å². The maximum Gasteiger partial charge on any atom is 0.227 e. The van der Waals surface area contributed by atoms with Gasteiger partial charge in [-0.2, -0.15) is 8.75 Å². The topological polar surface area (TPSA) is 54.9 Å². The van der Waals surface area contributed by atoms with E-state index in [9.17, 15) is 4.79 Å². The van der Waals surface area contributed by atoms with Gasteiger partial charge >= 0.3 is 0 Å². The van der Waals surface area contributed by atoms with Gasteiger partial charge in [-0.15, -0.1) is 0 Å². The molecule has 2 aliphatic rings. The lowest BCUT2D eigenvalue weighted by Gasteiger charge is -2.13. The lowest BCUT2D eigenvalue weighted by Crippen LogP contribution is -2.22. The number of nitrogens with one attached hydrogen (secondary N) is 1. The summed E-state index contributed by atoms with van der Waals surface area (Å²) in [7, 11) is 0. The van der Waals surface area contributed by atoms with Gasteiger partial charge in [0.2, 0.25) is 5.91 Å². The fourth-order valence-electron chi connectivity index (χ4n) is 3.10. The lowest BCUT2D eigenvalue weighted by molar-refractivity contribution is -0.119. The molecule has 1 N–H and O–H groups in total. The molecule has 19 heavy (non-hydrogen) atoms. The minimum Gasteiger partial charge on any atom is -0.323 e. The number of carbonyl (C=O) groups excluding carboxylic acids is 1. The monoisotopic (exact) mass is 293 g/mol. The smallest absolute Gasteiger partial charge is 0.227 e. The van der Waals surface area contributed by atoms with E-state index in [4.69, 9.17) is 11.6 Å². The molecule has 0 radical (unpaired) electrons. The van der Waals surface area contributed by atoms with Crippen LogP contribution in [0.15, 0.2) is 12.1 Å². The Hall–Kier alpha value is -1.20. The van der Waals surface area contributed by atoms with Crippen LogP contribution in [-0.4, -0.2) is 14.7 Å². The van der Waals surface area contributed by atoms with Gasteiger partial charge in [0, 0.05) is 5.92 Å². The Bertz CT molecular complexity index is 661. The van der Waals surface area contributed by atoms with Crippen LogP contribution in [0, 0.1) is 17.8 Å². The molecule has 2 aliphatic carbocycles. The summed E-state index contributed by atoms with van der Waals surface area (Å²) in [6.07, 6.45) is 3.37. The zero-order valence-electron chi connectivity index (χ0n) is 10.1. The fraction of sp³-hybridized carbons (Fsp3) is 0.462. The Balaban J connectivity index is 1.61. The molecule has 1 aromatic carbocycles. The molecule has 1 aromatic heterocycles. The van der Waals surface area contributed by atoms with Crippen LogP contribution in [0.2, 0.25) is 5.02 Å². The van der Waals surface area contributed by atoms with Gasteiger partial charge in [0.15, 0.2) is 0 Å². The highest BCUT2D eigenvalue weighted by molar-refractivity contribution is 7.00. The first-order valence-corrected chi connectivity index (χ1v) is 7.55. The van der Waals surface area contributed by atoms with Crippen molar-refractivity contribution in [3.63, 3.8) is 0 Å². The summed E-state index contributed by atoms with van der Waals surface area (Å²) >= 11 is 7.30. The lowest BCUT2D eigenvalue weighted by atomic mass is 10.0. The van der Waals surface area contributed by atoms with E-state index >= 15 is 0 Å². The number of hydrogen-bond acceptors (Lipinski definition) is 4. The number of aromatic nitrogens is 2. The van der Waals surface area contributed by atoms with Crippen molar-refractivity contribution < 1.29 is 4.79 Å². The average Bonchev–Trinajstić information content (AvgIpc) is 2.84. The Labute approximate surface area is 119 Å². The summed E-state index contributed by atoms with van der Waals surface area (Å²) in [5, 5.41) is 3.48. The first-order valence-electron chi connectivity index (χ1n) is 6.44. The third kappa shape index (κ3) is 1.92. The molecule has 0 bridgehead atoms. The van der Waals surface area contributed by atoms with Gasteiger partial charge in [-0.05, 0) is 43.2 Å². The molecule has 0 saturated heterocycles. The van der Waals surface area contributed by atoms with Crippen molar-refractivity contribution in [3.8, 4) is 0 Å². The van der Waals surface area contributed by atoms with Crippen molar-refractivity contribution in [2.75, 3.05) is 5.32 Å². The van der Waals surface area contributed by atoms with Crippen LogP contribution < -0.4 is 5.32 Å². The van der Waals surface area contributed by atoms with Gasteiger partial charge in [-0.1, -0.05) is 11.6 Å². The summed E-state index contributed by atoms with van der Waals surface area (Å²) in [6.45, 7) is 0. The quantitative estimate of drug-likeness (QED) is 0.924. The summed E-state index contributed by atoms with van der Waals surface area (Å²) in [5.74, 6) is 1.81. The molecule has 4 rings (SSSR count). The van der Waals surface area contributed by atoms with Gasteiger partial charge in [0.1, 0.15) is 11.0 Å². The molecule has 0 aliphatic heterocycles. The van der Waals surface area contributed by atoms with Gasteiger partial charge in [0.25, 0.3) is 0 Å². The van der Waals surface area contributed by atoms with Crippen LogP contribution in [0.5, 0.6) is 0 Å². The second-order valence-corrected chi connectivity index (χ2v) is 6.40. The molecular weight excluding hydrogens is 282 g/mol. The molecule has 4 nitrogen and oxygen atoms in total. The normalized spacial score (nSPS) is 28.4. The molecule has 1 heterocycles. The molecule has 2 aromatic rings. The Morgan fingerprint density at radius 2 is 2.05 bits per heavy atom. The van der Waals surface area contributed by atoms with E-state index in [1.54, 1.807) is 6.07 Å². The fourth-order valence-corrected chi connectivity index (χ4v) is 3.84. The van der Waals surface area contributed by atoms with Crippen LogP contribution in [-0.2, 0) is 4.79 Å². The van der Waals surface area contributed by atoms with Crippen LogP contribution in [0.25, 0.3) is 11.0 Å². The molecule has 2 atom stereocenters. The van der Waals surface area contributed by atoms with Crippen LogP contribution in [0.3, 0.4) is 0 Å². The number of rotatable bonds is 2. The summed E-state index contributed by atoms with van der Waals surface area (Å²) in [6, 6.07) is 3.58. The summed E-state index contributed by atoms with van der Waals surface area (Å²) < 4.78 is 8.38. The van der Waals surface area contributed by atoms with E-state index in [-0.39, 0.29) is 11.8 Å². The Kier molecular flexibility index (Phi) is 2.53. The van der Waals surface area contributed by atoms with Gasteiger partial charge in [0.05, 0.1) is 22.4 Å². The highest BCUT2D eigenvalue weighted by atomic mass is 35.5. The molecule has 0 spiro atoms. The van der Waals surface area contributed by atoms with Crippen LogP contribution in [0.1, 0.15) is 19.3 Å². The number of nitrogens with zero attached hydrogens (tertiary/aromatic N) is 2. The van der Waals surface area contributed by atoms with Gasteiger partial charge in [-0.25, -0.2) is 0 Å².